The summed E-state index contributed by atoms with van der Waals surface area (Å²) in [6.45, 7) is -0.268. The first kappa shape index (κ1) is 23.5. The third-order valence-electron chi connectivity index (χ3n) is 5.47. The summed E-state index contributed by atoms with van der Waals surface area (Å²) in [5, 5.41) is 0. The van der Waals surface area contributed by atoms with Crippen molar-refractivity contribution in [2.24, 2.45) is 0 Å². The Morgan fingerprint density at radius 3 is 2.03 bits per heavy atom. The number of carbonyl (C=O) groups is 2. The minimum absolute atomic E-state index is 0.101. The molecule has 176 valence electrons. The van der Waals surface area contributed by atoms with Gasteiger partial charge < -0.3 is 4.74 Å². The highest BCUT2D eigenvalue weighted by Gasteiger charge is 2.47. The van der Waals surface area contributed by atoms with E-state index >= 15 is 0 Å². The molecule has 1 fully saturated rings. The average molecular weight is 486 g/mol. The molecule has 1 atom stereocenters. The molecule has 2 amide bonds. The van der Waals surface area contributed by atoms with Gasteiger partial charge in [0.1, 0.15) is 23.4 Å². The van der Waals surface area contributed by atoms with Crippen LogP contribution in [0.3, 0.4) is 0 Å². The van der Waals surface area contributed by atoms with Crippen LogP contribution in [0.15, 0.2) is 77.7 Å². The van der Waals surface area contributed by atoms with Crippen molar-refractivity contribution in [3.05, 3.63) is 90.0 Å². The van der Waals surface area contributed by atoms with Gasteiger partial charge in [-0.2, -0.15) is 4.31 Å². The van der Waals surface area contributed by atoms with Crippen molar-refractivity contribution < 1.29 is 31.5 Å². The standard InChI is InChI=1S/C24H20F2N2O5S/c1-33-20-10-12-21(13-11-20)34(31,32)27(15-16-2-4-17(25)5-3-16)22-14-23(29)28(24(22)30)19-8-6-18(26)7-9-19/h2-13,22H,14-15H2,1H3. The molecule has 3 aromatic rings. The van der Waals surface area contributed by atoms with Gasteiger partial charge in [0.2, 0.25) is 15.9 Å². The number of methoxy groups -OCH3 is 1. The molecule has 0 N–H and O–H groups in total. The first-order valence-electron chi connectivity index (χ1n) is 10.2. The molecule has 4 rings (SSSR count). The van der Waals surface area contributed by atoms with Crippen molar-refractivity contribution in [1.29, 1.82) is 0 Å². The van der Waals surface area contributed by atoms with Gasteiger partial charge in [0, 0.05) is 6.54 Å². The van der Waals surface area contributed by atoms with Crippen molar-refractivity contribution in [3.63, 3.8) is 0 Å². The molecular formula is C24H20F2N2O5S. The Kier molecular flexibility index (Phi) is 6.45. The highest BCUT2D eigenvalue weighted by atomic mass is 32.2. The molecule has 1 unspecified atom stereocenters. The van der Waals surface area contributed by atoms with Gasteiger partial charge in [-0.3, -0.25) is 9.59 Å². The molecule has 0 bridgehead atoms. The third-order valence-corrected chi connectivity index (χ3v) is 7.34. The van der Waals surface area contributed by atoms with Crippen LogP contribution in [0.5, 0.6) is 5.75 Å². The molecule has 0 spiro atoms. The Morgan fingerprint density at radius 2 is 1.47 bits per heavy atom. The zero-order chi connectivity index (χ0) is 24.5. The maximum Gasteiger partial charge on any atom is 0.252 e. The van der Waals surface area contributed by atoms with Crippen LogP contribution < -0.4 is 9.64 Å². The molecule has 0 radical (unpaired) electrons. The van der Waals surface area contributed by atoms with Crippen LogP contribution in [0.1, 0.15) is 12.0 Å². The van der Waals surface area contributed by atoms with E-state index in [1.807, 2.05) is 0 Å². The number of carbonyl (C=O) groups excluding carboxylic acids is 2. The van der Waals surface area contributed by atoms with E-state index in [1.165, 1.54) is 67.8 Å². The van der Waals surface area contributed by atoms with Crippen LogP contribution >= 0.6 is 0 Å². The predicted octanol–water partition coefficient (Wildman–Crippen LogP) is 3.50. The summed E-state index contributed by atoms with van der Waals surface area (Å²) in [4.78, 5) is 26.8. The van der Waals surface area contributed by atoms with Gasteiger partial charge in [0.05, 0.1) is 24.1 Å². The lowest BCUT2D eigenvalue weighted by Crippen LogP contribution is -2.45. The van der Waals surface area contributed by atoms with E-state index in [9.17, 15) is 26.8 Å². The van der Waals surface area contributed by atoms with Crippen molar-refractivity contribution in [1.82, 2.24) is 4.31 Å². The summed E-state index contributed by atoms with van der Waals surface area (Å²) >= 11 is 0. The van der Waals surface area contributed by atoms with Gasteiger partial charge in [-0.15, -0.1) is 0 Å². The summed E-state index contributed by atoms with van der Waals surface area (Å²) in [6, 6.07) is 14.2. The number of amides is 2. The van der Waals surface area contributed by atoms with E-state index in [0.29, 0.717) is 11.3 Å². The maximum absolute atomic E-state index is 13.6. The molecule has 3 aromatic carbocycles. The fourth-order valence-corrected chi connectivity index (χ4v) is 5.29. The van der Waals surface area contributed by atoms with Crippen LogP contribution in [0.25, 0.3) is 0 Å². The molecule has 1 aliphatic heterocycles. The molecular weight excluding hydrogens is 466 g/mol. The zero-order valence-electron chi connectivity index (χ0n) is 18.0. The van der Waals surface area contributed by atoms with E-state index in [4.69, 9.17) is 4.74 Å². The largest absolute Gasteiger partial charge is 0.497 e. The lowest BCUT2D eigenvalue weighted by Gasteiger charge is -2.27. The summed E-state index contributed by atoms with van der Waals surface area (Å²) in [5.74, 6) is -1.97. The van der Waals surface area contributed by atoms with Crippen LogP contribution in [-0.2, 0) is 26.2 Å². The number of imide groups is 1. The normalized spacial score (nSPS) is 16.4. The molecule has 1 saturated heterocycles. The van der Waals surface area contributed by atoms with Crippen LogP contribution in [-0.4, -0.2) is 37.7 Å². The molecule has 0 aromatic heterocycles. The highest BCUT2D eigenvalue weighted by molar-refractivity contribution is 7.89. The molecule has 0 aliphatic carbocycles. The molecule has 34 heavy (non-hydrogen) atoms. The lowest BCUT2D eigenvalue weighted by molar-refractivity contribution is -0.122. The Morgan fingerprint density at radius 1 is 0.912 bits per heavy atom. The van der Waals surface area contributed by atoms with E-state index in [0.717, 1.165) is 21.3 Å². The van der Waals surface area contributed by atoms with Crippen molar-refractivity contribution >= 4 is 27.5 Å². The third kappa shape index (κ3) is 4.55. The lowest BCUT2D eigenvalue weighted by atomic mass is 10.2. The Bertz CT molecular complexity index is 1310. The molecule has 7 nitrogen and oxygen atoms in total. The SMILES string of the molecule is COc1ccc(S(=O)(=O)N(Cc2ccc(F)cc2)C2CC(=O)N(c3ccc(F)cc3)C2=O)cc1. The zero-order valence-corrected chi connectivity index (χ0v) is 18.8. The van der Waals surface area contributed by atoms with E-state index in [-0.39, 0.29) is 17.1 Å². The van der Waals surface area contributed by atoms with Crippen molar-refractivity contribution in [3.8, 4) is 5.75 Å². The van der Waals surface area contributed by atoms with Gasteiger partial charge in [0.25, 0.3) is 5.91 Å². The Hall–Kier alpha value is -3.63. The quantitative estimate of drug-likeness (QED) is 0.478. The second-order valence-electron chi connectivity index (χ2n) is 7.62. The van der Waals surface area contributed by atoms with E-state index in [1.54, 1.807) is 0 Å². The first-order valence-corrected chi connectivity index (χ1v) is 11.7. The molecule has 10 heteroatoms. The maximum atomic E-state index is 13.6. The van der Waals surface area contributed by atoms with E-state index < -0.39 is 45.9 Å². The minimum atomic E-state index is -4.26. The number of ether oxygens (including phenoxy) is 1. The molecule has 1 heterocycles. The number of benzene rings is 3. The summed E-state index contributed by atoms with van der Waals surface area (Å²) in [7, 11) is -2.82. The highest BCUT2D eigenvalue weighted by Crippen LogP contribution is 2.31. The van der Waals surface area contributed by atoms with Gasteiger partial charge >= 0.3 is 0 Å². The average Bonchev–Trinajstić information content (AvgIpc) is 3.12. The second-order valence-corrected chi connectivity index (χ2v) is 9.51. The van der Waals surface area contributed by atoms with Crippen molar-refractivity contribution in [2.75, 3.05) is 12.0 Å². The summed E-state index contributed by atoms with van der Waals surface area (Å²) in [5.41, 5.74) is 0.571. The van der Waals surface area contributed by atoms with Gasteiger partial charge in [-0.1, -0.05) is 12.1 Å². The Balaban J connectivity index is 1.74. The molecule has 0 saturated carbocycles. The van der Waals surface area contributed by atoms with Crippen LogP contribution in [0, 0.1) is 11.6 Å². The number of nitrogens with zero attached hydrogens (tertiary/aromatic N) is 2. The monoisotopic (exact) mass is 486 g/mol. The summed E-state index contributed by atoms with van der Waals surface area (Å²) in [6.07, 6.45) is -0.396. The fraction of sp³-hybridized carbons (Fsp3) is 0.167. The van der Waals surface area contributed by atoms with Gasteiger partial charge in [0.15, 0.2) is 0 Å². The number of anilines is 1. The first-order chi connectivity index (χ1) is 16.2. The smallest absolute Gasteiger partial charge is 0.252 e. The topological polar surface area (TPSA) is 84.0 Å². The number of hydrogen-bond donors (Lipinski definition) is 0. The molecule has 1 aliphatic rings. The summed E-state index contributed by atoms with van der Waals surface area (Å²) < 4.78 is 60.0. The number of hydrogen-bond acceptors (Lipinski definition) is 5. The van der Waals surface area contributed by atoms with Crippen LogP contribution in [0.4, 0.5) is 14.5 Å². The Labute approximate surface area is 195 Å². The van der Waals surface area contributed by atoms with Gasteiger partial charge in [-0.25, -0.2) is 22.1 Å². The fourth-order valence-electron chi connectivity index (χ4n) is 3.72. The predicted molar refractivity (Wildman–Crippen MR) is 119 cm³/mol. The van der Waals surface area contributed by atoms with E-state index in [2.05, 4.69) is 0 Å². The minimum Gasteiger partial charge on any atom is -0.497 e. The number of sulfonamides is 1. The van der Waals surface area contributed by atoms with Gasteiger partial charge in [-0.05, 0) is 66.2 Å². The number of rotatable bonds is 7. The van der Waals surface area contributed by atoms with Crippen LogP contribution in [0.2, 0.25) is 0 Å². The second kappa shape index (κ2) is 9.32. The number of halogens is 2. The van der Waals surface area contributed by atoms with Crippen molar-refractivity contribution in [2.45, 2.75) is 23.9 Å².